The summed E-state index contributed by atoms with van der Waals surface area (Å²) in [5.41, 5.74) is 34.2. The number of hydrogen-bond donors (Lipinski definition) is 0. The minimum absolute atomic E-state index is 0.894. The molecule has 9 heteroatoms. The fraction of sp³-hybridized carbons (Fsp3) is 0. The molecule has 0 bridgehead atoms. The molecule has 0 amide bonds. The van der Waals surface area contributed by atoms with Crippen LogP contribution < -0.4 is 0 Å². The van der Waals surface area contributed by atoms with Crippen LogP contribution >= 0.6 is 22.7 Å². The minimum Gasteiger partial charge on any atom is -0.456 e. The van der Waals surface area contributed by atoms with Gasteiger partial charge in [0, 0.05) is 139 Å². The number of aromatic nitrogens is 4. The van der Waals surface area contributed by atoms with Crippen LogP contribution in [0.3, 0.4) is 0 Å². The van der Waals surface area contributed by atoms with Crippen molar-refractivity contribution in [2.24, 2.45) is 0 Å². The lowest BCUT2D eigenvalue weighted by Crippen LogP contribution is -1.94. The second-order valence-corrected chi connectivity index (χ2v) is 39.0. The molecule has 31 rings (SSSR count). The normalized spacial score (nSPS) is 12.0. The summed E-state index contributed by atoms with van der Waals surface area (Å²) in [7, 11) is 0. The van der Waals surface area contributed by atoms with E-state index in [9.17, 15) is 0 Å². The Morgan fingerprint density at radius 3 is 0.674 bits per heavy atom. The number of hydrogen-bond acceptors (Lipinski definition) is 5. The van der Waals surface area contributed by atoms with Crippen molar-refractivity contribution in [1.82, 2.24) is 18.3 Å². The topological polar surface area (TPSA) is 59.1 Å². The molecule has 658 valence electrons. The van der Waals surface area contributed by atoms with E-state index in [0.717, 1.165) is 88.4 Å². The van der Waals surface area contributed by atoms with Crippen LogP contribution in [-0.2, 0) is 0 Å². The molecule has 0 atom stereocenters. The van der Waals surface area contributed by atoms with Gasteiger partial charge in [-0.1, -0.05) is 279 Å². The monoisotopic (exact) mass is 1830 g/mol. The molecule has 31 aromatic rings. The highest BCUT2D eigenvalue weighted by Gasteiger charge is 2.23. The van der Waals surface area contributed by atoms with Gasteiger partial charge < -0.3 is 31.5 Å². The molecular formula is C132H80N4O3S2. The second kappa shape index (κ2) is 32.3. The van der Waals surface area contributed by atoms with Gasteiger partial charge in [0.15, 0.2) is 0 Å². The summed E-state index contributed by atoms with van der Waals surface area (Å²) in [6.07, 6.45) is 0. The van der Waals surface area contributed by atoms with Crippen molar-refractivity contribution >= 4 is 216 Å². The van der Waals surface area contributed by atoms with Crippen molar-refractivity contribution in [3.8, 4) is 89.5 Å². The lowest BCUT2D eigenvalue weighted by molar-refractivity contribution is 0.668. The molecule has 0 aliphatic rings. The van der Waals surface area contributed by atoms with E-state index in [1.165, 1.54) is 194 Å². The van der Waals surface area contributed by atoms with Gasteiger partial charge in [0.1, 0.15) is 33.5 Å². The summed E-state index contributed by atoms with van der Waals surface area (Å²) in [5, 5.41) is 22.1. The third-order valence-electron chi connectivity index (χ3n) is 28.9. The SMILES string of the molecule is c1cc(-c2ccc3oc4ccc(-n5c6ccccc6c6ccccc65)cc4c3c2)cc(-n2c3ccccc3c3ccccc32)c1.c1cc(-c2cccc(-c3ccc4sc5ccc(-n6c7ccccc7c7ccccc76)cc5c4c3)c2)cc(-c2ccc3oc4ccccc4c3c2)c1.c1ccc(-c2ccc3sc4ccc(-c5ccc6oc7ccc(-n8c9ccccc9c9ccccc98)cc7c6c5)cc4c3c2)cc1. The summed E-state index contributed by atoms with van der Waals surface area (Å²) in [4.78, 5) is 0. The van der Waals surface area contributed by atoms with Crippen LogP contribution in [0.15, 0.2) is 499 Å². The van der Waals surface area contributed by atoms with Crippen molar-refractivity contribution < 1.29 is 13.3 Å². The summed E-state index contributed by atoms with van der Waals surface area (Å²) < 4.78 is 33.5. The van der Waals surface area contributed by atoms with Gasteiger partial charge in [-0.3, -0.25) is 0 Å². The van der Waals surface area contributed by atoms with E-state index in [1.807, 2.05) is 34.8 Å². The van der Waals surface area contributed by atoms with Crippen molar-refractivity contribution in [3.63, 3.8) is 0 Å². The van der Waals surface area contributed by atoms with Gasteiger partial charge in [0.2, 0.25) is 0 Å². The minimum atomic E-state index is 0.894. The van der Waals surface area contributed by atoms with E-state index in [4.69, 9.17) is 13.3 Å². The Morgan fingerprint density at radius 1 is 0.121 bits per heavy atom. The molecule has 22 aromatic carbocycles. The highest BCUT2D eigenvalue weighted by molar-refractivity contribution is 7.26. The van der Waals surface area contributed by atoms with Gasteiger partial charge >= 0.3 is 0 Å². The summed E-state index contributed by atoms with van der Waals surface area (Å²) in [6, 6.07) is 175. The van der Waals surface area contributed by atoms with Crippen LogP contribution in [-0.4, -0.2) is 18.3 Å². The Morgan fingerprint density at radius 2 is 0.326 bits per heavy atom. The number of furan rings is 3. The maximum Gasteiger partial charge on any atom is 0.135 e. The molecule has 0 saturated carbocycles. The molecule has 0 spiro atoms. The van der Waals surface area contributed by atoms with Gasteiger partial charge in [-0.2, -0.15) is 0 Å². The highest BCUT2D eigenvalue weighted by atomic mass is 32.1. The number of benzene rings is 22. The predicted octanol–water partition coefficient (Wildman–Crippen LogP) is 37.9. The summed E-state index contributed by atoms with van der Waals surface area (Å²) in [6.45, 7) is 0. The van der Waals surface area contributed by atoms with Crippen LogP contribution in [0.4, 0.5) is 0 Å². The molecule has 9 aromatic heterocycles. The van der Waals surface area contributed by atoms with Crippen molar-refractivity contribution in [2.45, 2.75) is 0 Å². The zero-order valence-electron chi connectivity index (χ0n) is 76.0. The van der Waals surface area contributed by atoms with E-state index in [-0.39, 0.29) is 0 Å². The van der Waals surface area contributed by atoms with Crippen molar-refractivity contribution in [3.05, 3.63) is 485 Å². The van der Waals surface area contributed by atoms with Crippen LogP contribution in [0.25, 0.3) is 283 Å². The zero-order valence-corrected chi connectivity index (χ0v) is 77.7. The average molecular weight is 1830 g/mol. The smallest absolute Gasteiger partial charge is 0.135 e. The van der Waals surface area contributed by atoms with Crippen LogP contribution in [0, 0.1) is 0 Å². The molecule has 0 fully saturated rings. The predicted molar refractivity (Wildman–Crippen MR) is 597 cm³/mol. The first-order chi connectivity index (χ1) is 69.8. The van der Waals surface area contributed by atoms with Gasteiger partial charge in [-0.15, -0.1) is 22.7 Å². The zero-order chi connectivity index (χ0) is 92.4. The molecule has 0 radical (unpaired) electrons. The average Bonchev–Trinajstić information content (AvgIpc) is 1.59. The molecule has 0 saturated heterocycles. The van der Waals surface area contributed by atoms with E-state index in [1.54, 1.807) is 0 Å². The van der Waals surface area contributed by atoms with Gasteiger partial charge in [-0.25, -0.2) is 0 Å². The largest absolute Gasteiger partial charge is 0.456 e. The summed E-state index contributed by atoms with van der Waals surface area (Å²) in [5.74, 6) is 0. The van der Waals surface area contributed by atoms with E-state index in [2.05, 4.69) is 491 Å². The first kappa shape index (κ1) is 80.2. The van der Waals surface area contributed by atoms with E-state index < -0.39 is 0 Å². The molecule has 0 aliphatic carbocycles. The molecule has 0 N–H and O–H groups in total. The molecule has 9 heterocycles. The van der Waals surface area contributed by atoms with Crippen molar-refractivity contribution in [1.29, 1.82) is 0 Å². The third kappa shape index (κ3) is 13.2. The number of fused-ring (bicyclic) bond motifs is 27. The van der Waals surface area contributed by atoms with Gasteiger partial charge in [0.25, 0.3) is 0 Å². The Kier molecular flexibility index (Phi) is 18.4. The molecule has 0 aliphatic heterocycles. The molecule has 0 unspecified atom stereocenters. The standard InChI is InChI=1S/C48H29NOS.C42H26N2O.C42H25NOS/c1-4-16-43-37(13-1)38-14-2-5-17-44(38)49(43)36-21-24-48-42(29-36)41-28-35(20-23-47(41)51-48)33-12-8-10-31(26-33)30-9-7-11-32(25-30)34-19-22-46-40(27-34)39-15-3-6-18-45(39)50-46;1-5-16-37-31(12-1)32-13-2-6-17-38(32)43(37)29-11-9-10-27(24-29)28-20-22-41-35(25-28)36-26-30(21-23-42(36)45-41)44-39-18-7-3-14-33(39)34-15-4-8-19-40(34)44;1-2-8-26(9-3-1)27-15-20-41-35(23-27)36-24-29(16-21-42(36)45-41)28-14-18-39-33(22-28)34-25-30(17-19-40(34)44-39)43-37-12-6-4-10-31(37)32-11-5-7-13-38(32)43/h1-29H;1-26H;1-25H. The number of para-hydroxylation sites is 9. The van der Waals surface area contributed by atoms with E-state index in [0.29, 0.717) is 0 Å². The fourth-order valence-electron chi connectivity index (χ4n) is 22.3. The molecule has 141 heavy (non-hydrogen) atoms. The fourth-order valence-corrected chi connectivity index (χ4v) is 24.4. The first-order valence-electron chi connectivity index (χ1n) is 47.9. The number of rotatable bonds is 10. The van der Waals surface area contributed by atoms with Gasteiger partial charge in [-0.05, 0) is 273 Å². The Balaban J connectivity index is 0.000000102. The number of nitrogens with zero attached hydrogens (tertiary/aromatic N) is 4. The first-order valence-corrected chi connectivity index (χ1v) is 49.6. The highest BCUT2D eigenvalue weighted by Crippen LogP contribution is 2.47. The Hall–Kier alpha value is -18.1. The maximum atomic E-state index is 6.36. The second-order valence-electron chi connectivity index (χ2n) is 36.9. The Labute approximate surface area is 816 Å². The van der Waals surface area contributed by atoms with Crippen LogP contribution in [0.1, 0.15) is 0 Å². The summed E-state index contributed by atoms with van der Waals surface area (Å²) >= 11 is 3.72. The number of thiophene rings is 2. The maximum absolute atomic E-state index is 6.36. The molecule has 7 nitrogen and oxygen atoms in total. The molecular weight excluding hydrogens is 1750 g/mol. The van der Waals surface area contributed by atoms with E-state index >= 15 is 0 Å². The van der Waals surface area contributed by atoms with Crippen molar-refractivity contribution in [2.75, 3.05) is 0 Å². The third-order valence-corrected chi connectivity index (χ3v) is 31.2. The Bertz CT molecular complexity index is 10400. The van der Waals surface area contributed by atoms with Crippen LogP contribution in [0.2, 0.25) is 0 Å². The van der Waals surface area contributed by atoms with Gasteiger partial charge in [0.05, 0.1) is 44.1 Å². The lowest BCUT2D eigenvalue weighted by Gasteiger charge is -2.10. The quantitative estimate of drug-likeness (QED) is 0.137. The lowest BCUT2D eigenvalue weighted by atomic mass is 9.95. The van der Waals surface area contributed by atoms with Crippen LogP contribution in [0.5, 0.6) is 0 Å².